The van der Waals surface area contributed by atoms with E-state index in [4.69, 9.17) is 21.4 Å². The lowest BCUT2D eigenvalue weighted by Gasteiger charge is -2.32. The minimum atomic E-state index is -1.24. The van der Waals surface area contributed by atoms with Crippen LogP contribution in [0.3, 0.4) is 0 Å². The lowest BCUT2D eigenvalue weighted by atomic mass is 9.97. The van der Waals surface area contributed by atoms with Crippen LogP contribution in [0.15, 0.2) is 54.6 Å². The largest absolute Gasteiger partial charge is 0.479 e. The molecule has 1 fully saturated rings. The summed E-state index contributed by atoms with van der Waals surface area (Å²) >= 11 is 7.35. The number of benzene rings is 2. The molecule has 38 heavy (non-hydrogen) atoms. The number of aromatic carboxylic acids is 1. The number of carbonyl (C=O) groups is 3. The van der Waals surface area contributed by atoms with Crippen LogP contribution < -0.4 is 15.4 Å². The number of anilines is 1. The van der Waals surface area contributed by atoms with Gasteiger partial charge in [-0.1, -0.05) is 54.1 Å². The minimum Gasteiger partial charge on any atom is -0.479 e. The molecule has 9 nitrogen and oxygen atoms in total. The van der Waals surface area contributed by atoms with Gasteiger partial charge in [0.15, 0.2) is 17.2 Å². The highest BCUT2D eigenvalue weighted by atomic mass is 35.5. The maximum absolute atomic E-state index is 12.5. The quantitative estimate of drug-likeness (QED) is 0.267. The molecule has 0 radical (unpaired) electrons. The van der Waals surface area contributed by atoms with Crippen molar-refractivity contribution in [3.63, 3.8) is 0 Å². The third-order valence-electron chi connectivity index (χ3n) is 6.25. The van der Waals surface area contributed by atoms with Gasteiger partial charge in [0.25, 0.3) is 0 Å². The Hall–Kier alpha value is -3.76. The summed E-state index contributed by atoms with van der Waals surface area (Å²) in [4.78, 5) is 37.2. The number of carbonyl (C=O) groups excluding carboxylic acids is 1. The molecule has 0 saturated carbocycles. The van der Waals surface area contributed by atoms with Crippen molar-refractivity contribution < 1.29 is 29.3 Å². The molecule has 0 atom stereocenters. The molecule has 1 aliphatic heterocycles. The molecule has 1 saturated heterocycles. The number of ether oxygens (including phenoxy) is 1. The number of nitrogens with one attached hydrogen (secondary N) is 2. The van der Waals surface area contributed by atoms with Crippen molar-refractivity contribution in [2.24, 2.45) is 5.92 Å². The number of thiophene rings is 1. The van der Waals surface area contributed by atoms with Gasteiger partial charge in [-0.25, -0.2) is 14.4 Å². The Bertz CT molecular complexity index is 1290. The number of hydrogen-bond donors (Lipinski definition) is 4. The van der Waals surface area contributed by atoms with E-state index in [9.17, 15) is 19.5 Å². The van der Waals surface area contributed by atoms with Gasteiger partial charge in [-0.2, -0.15) is 0 Å². The van der Waals surface area contributed by atoms with Crippen LogP contribution in [0, 0.1) is 5.92 Å². The van der Waals surface area contributed by atoms with Crippen molar-refractivity contribution in [1.82, 2.24) is 10.2 Å². The molecular weight excluding hydrogens is 530 g/mol. The van der Waals surface area contributed by atoms with Gasteiger partial charge in [-0.15, -0.1) is 11.3 Å². The van der Waals surface area contributed by atoms with E-state index in [2.05, 4.69) is 10.6 Å². The van der Waals surface area contributed by atoms with Gasteiger partial charge in [0.2, 0.25) is 0 Å². The van der Waals surface area contributed by atoms with Crippen LogP contribution in [0.25, 0.3) is 10.4 Å². The van der Waals surface area contributed by atoms with Crippen LogP contribution in [0.2, 0.25) is 5.02 Å². The number of carboxylic acid groups (broad SMARTS) is 2. The van der Waals surface area contributed by atoms with Crippen molar-refractivity contribution in [3.8, 4) is 16.2 Å². The average Bonchev–Trinajstić information content (AvgIpc) is 3.26. The molecule has 3 aromatic rings. The minimum absolute atomic E-state index is 0.0479. The Labute approximate surface area is 229 Å². The normalized spacial score (nSPS) is 13.7. The molecule has 0 bridgehead atoms. The lowest BCUT2D eigenvalue weighted by molar-refractivity contribution is -0.139. The van der Waals surface area contributed by atoms with Crippen LogP contribution in [0.5, 0.6) is 5.75 Å². The number of carboxylic acids is 2. The molecule has 2 aromatic carbocycles. The fourth-order valence-electron chi connectivity index (χ4n) is 4.24. The number of urea groups is 1. The van der Waals surface area contributed by atoms with Gasteiger partial charge in [0, 0.05) is 31.9 Å². The van der Waals surface area contributed by atoms with Gasteiger partial charge in [-0.05, 0) is 42.0 Å². The summed E-state index contributed by atoms with van der Waals surface area (Å²) < 4.78 is 5.16. The topological polar surface area (TPSA) is 128 Å². The maximum atomic E-state index is 12.5. The average molecular weight is 558 g/mol. The first kappa shape index (κ1) is 27.3. The predicted molar refractivity (Wildman–Crippen MR) is 146 cm³/mol. The number of piperidine rings is 1. The van der Waals surface area contributed by atoms with Gasteiger partial charge in [0.05, 0.1) is 4.88 Å². The molecule has 0 unspecified atom stereocenters. The number of rotatable bonds is 10. The number of likely N-dealkylation sites (tertiary alicyclic amines) is 1. The Morgan fingerprint density at radius 1 is 1.05 bits per heavy atom. The Kier molecular flexibility index (Phi) is 9.09. The Morgan fingerprint density at radius 3 is 2.47 bits per heavy atom. The van der Waals surface area contributed by atoms with Crippen molar-refractivity contribution in [2.45, 2.75) is 19.4 Å². The highest BCUT2D eigenvalue weighted by Crippen LogP contribution is 2.45. The van der Waals surface area contributed by atoms with E-state index in [1.165, 1.54) is 0 Å². The van der Waals surface area contributed by atoms with Crippen LogP contribution in [-0.4, -0.2) is 59.3 Å². The molecule has 4 N–H and O–H groups in total. The summed E-state index contributed by atoms with van der Waals surface area (Å²) in [5, 5.41) is 24.9. The molecule has 200 valence electrons. The second kappa shape index (κ2) is 12.7. The first-order valence-electron chi connectivity index (χ1n) is 12.1. The van der Waals surface area contributed by atoms with E-state index >= 15 is 0 Å². The van der Waals surface area contributed by atoms with Gasteiger partial charge in [0.1, 0.15) is 5.02 Å². The maximum Gasteiger partial charge on any atom is 0.349 e. The van der Waals surface area contributed by atoms with Crippen LogP contribution in [0.1, 0.15) is 28.1 Å². The smallest absolute Gasteiger partial charge is 0.349 e. The molecule has 1 aromatic heterocycles. The molecule has 4 rings (SSSR count). The van der Waals surface area contributed by atoms with Crippen LogP contribution in [-0.2, 0) is 11.3 Å². The van der Waals surface area contributed by atoms with E-state index in [0.717, 1.165) is 42.0 Å². The summed E-state index contributed by atoms with van der Waals surface area (Å²) in [6.45, 7) is 1.93. The van der Waals surface area contributed by atoms with Gasteiger partial charge >= 0.3 is 18.0 Å². The molecule has 0 spiro atoms. The van der Waals surface area contributed by atoms with Crippen molar-refractivity contribution in [3.05, 3.63) is 70.1 Å². The fraction of sp³-hybridized carbons (Fsp3) is 0.296. The number of aliphatic carboxylic acids is 1. The zero-order chi connectivity index (χ0) is 27.1. The van der Waals surface area contributed by atoms with Crippen molar-refractivity contribution in [1.29, 1.82) is 0 Å². The van der Waals surface area contributed by atoms with E-state index in [1.807, 2.05) is 59.5 Å². The van der Waals surface area contributed by atoms with Crippen LogP contribution >= 0.6 is 22.9 Å². The van der Waals surface area contributed by atoms with E-state index in [0.29, 0.717) is 36.0 Å². The predicted octanol–water partition coefficient (Wildman–Crippen LogP) is 5.26. The molecule has 1 aliphatic rings. The molecule has 0 aliphatic carbocycles. The number of nitrogens with zero attached hydrogens (tertiary/aromatic N) is 1. The summed E-state index contributed by atoms with van der Waals surface area (Å²) in [7, 11) is 0. The second-order valence-electron chi connectivity index (χ2n) is 8.93. The highest BCUT2D eigenvalue weighted by molar-refractivity contribution is 7.18. The molecule has 2 heterocycles. The summed E-state index contributed by atoms with van der Waals surface area (Å²) in [6, 6.07) is 17.2. The van der Waals surface area contributed by atoms with E-state index in [-0.39, 0.29) is 21.7 Å². The first-order chi connectivity index (χ1) is 18.3. The third kappa shape index (κ3) is 6.96. The zero-order valence-corrected chi connectivity index (χ0v) is 22.1. The molecular formula is C27H28ClN3O6S. The van der Waals surface area contributed by atoms with Crippen LogP contribution in [0.4, 0.5) is 10.5 Å². The highest BCUT2D eigenvalue weighted by Gasteiger charge is 2.25. The van der Waals surface area contributed by atoms with E-state index in [1.54, 1.807) is 0 Å². The molecule has 11 heteroatoms. The molecule has 2 amide bonds. The van der Waals surface area contributed by atoms with Crippen molar-refractivity contribution >= 4 is 46.6 Å². The second-order valence-corrected chi connectivity index (χ2v) is 10.3. The Balaban J connectivity index is 1.32. The number of hydrogen-bond acceptors (Lipinski definition) is 6. The number of halogens is 1. The van der Waals surface area contributed by atoms with Gasteiger partial charge < -0.3 is 30.5 Å². The standard InChI is InChI=1S/C27H28ClN3O6S/c28-22-23(37-16-21(32)33)25(26(34)35)38-24(22)19-7-4-8-20(13-19)29-14-18-9-11-31(12-10-18)27(36)30-15-17-5-2-1-3-6-17/h1-8,13,18,29H,9-12,14-16H2,(H,30,36)(H,32,33)(H,34,35). The monoisotopic (exact) mass is 557 g/mol. The Morgan fingerprint density at radius 2 is 1.79 bits per heavy atom. The zero-order valence-electron chi connectivity index (χ0n) is 20.5. The lowest BCUT2D eigenvalue weighted by Crippen LogP contribution is -2.45. The first-order valence-corrected chi connectivity index (χ1v) is 13.3. The fourth-order valence-corrected chi connectivity index (χ4v) is 5.65. The third-order valence-corrected chi connectivity index (χ3v) is 7.93. The SMILES string of the molecule is O=C(O)COc1c(C(=O)O)sc(-c2cccc(NCC3CCN(C(=O)NCc4ccccc4)CC3)c2)c1Cl. The summed E-state index contributed by atoms with van der Waals surface area (Å²) in [5.41, 5.74) is 2.61. The van der Waals surface area contributed by atoms with Gasteiger partial charge in [-0.3, -0.25) is 0 Å². The summed E-state index contributed by atoms with van der Waals surface area (Å²) in [5.74, 6) is -2.20. The summed E-state index contributed by atoms with van der Waals surface area (Å²) in [6.07, 6.45) is 1.77. The van der Waals surface area contributed by atoms with E-state index < -0.39 is 18.5 Å². The number of amides is 2. The van der Waals surface area contributed by atoms with Crippen molar-refractivity contribution in [2.75, 3.05) is 31.6 Å².